The highest BCUT2D eigenvalue weighted by Gasteiger charge is 2.22. The van der Waals surface area contributed by atoms with E-state index in [9.17, 15) is 4.79 Å². The Morgan fingerprint density at radius 2 is 1.88 bits per heavy atom. The molecule has 5 heteroatoms. The Labute approximate surface area is 144 Å². The lowest BCUT2D eigenvalue weighted by molar-refractivity contribution is -0.123. The van der Waals surface area contributed by atoms with E-state index < -0.39 is 6.04 Å². The molecule has 0 radical (unpaired) electrons. The summed E-state index contributed by atoms with van der Waals surface area (Å²) in [5.74, 6) is 1.84. The molecule has 5 nitrogen and oxygen atoms in total. The van der Waals surface area contributed by atoms with Gasteiger partial charge in [-0.3, -0.25) is 4.79 Å². The number of benzene rings is 1. The molecule has 1 aliphatic rings. The van der Waals surface area contributed by atoms with E-state index in [1.165, 1.54) is 32.1 Å². The number of nitrogens with two attached hydrogens (primary N) is 1. The van der Waals surface area contributed by atoms with E-state index in [0.29, 0.717) is 17.4 Å². The van der Waals surface area contributed by atoms with E-state index in [0.717, 1.165) is 12.0 Å². The van der Waals surface area contributed by atoms with Crippen molar-refractivity contribution in [2.45, 2.75) is 57.5 Å². The zero-order valence-corrected chi connectivity index (χ0v) is 15.0. The summed E-state index contributed by atoms with van der Waals surface area (Å²) in [4.78, 5) is 12.4. The van der Waals surface area contributed by atoms with Gasteiger partial charge in [0.15, 0.2) is 11.5 Å². The number of carbonyl (C=O) groups excluding carboxylic acids is 1. The summed E-state index contributed by atoms with van der Waals surface area (Å²) in [6.07, 6.45) is 7.03. The molecule has 0 spiro atoms. The maximum Gasteiger partial charge on any atom is 0.237 e. The Kier molecular flexibility index (Phi) is 6.91. The first-order chi connectivity index (χ1) is 11.5. The van der Waals surface area contributed by atoms with E-state index in [-0.39, 0.29) is 11.9 Å². The van der Waals surface area contributed by atoms with Gasteiger partial charge in [0, 0.05) is 0 Å². The van der Waals surface area contributed by atoms with Crippen LogP contribution in [-0.4, -0.2) is 26.2 Å². The van der Waals surface area contributed by atoms with E-state index >= 15 is 0 Å². The predicted molar refractivity (Wildman–Crippen MR) is 95.3 cm³/mol. The van der Waals surface area contributed by atoms with E-state index in [2.05, 4.69) is 5.32 Å². The van der Waals surface area contributed by atoms with Crippen LogP contribution in [-0.2, 0) is 4.79 Å². The van der Waals surface area contributed by atoms with Crippen LogP contribution in [0.1, 0.15) is 57.1 Å². The Bertz CT molecular complexity index is 541. The van der Waals surface area contributed by atoms with Crippen molar-refractivity contribution in [2.75, 3.05) is 14.2 Å². The third-order valence-electron chi connectivity index (χ3n) is 4.92. The minimum Gasteiger partial charge on any atom is -0.493 e. The zero-order valence-electron chi connectivity index (χ0n) is 15.0. The second-order valence-electron chi connectivity index (χ2n) is 6.69. The summed E-state index contributed by atoms with van der Waals surface area (Å²) < 4.78 is 10.6. The summed E-state index contributed by atoms with van der Waals surface area (Å²) in [6, 6.07) is 5.10. The molecule has 1 aromatic carbocycles. The van der Waals surface area contributed by atoms with Crippen LogP contribution >= 0.6 is 0 Å². The first-order valence-corrected chi connectivity index (χ1v) is 8.83. The first-order valence-electron chi connectivity index (χ1n) is 8.83. The van der Waals surface area contributed by atoms with Crippen LogP contribution in [0.5, 0.6) is 11.5 Å². The highest BCUT2D eigenvalue weighted by molar-refractivity contribution is 5.81. The molecule has 0 bridgehead atoms. The predicted octanol–water partition coefficient (Wildman–Crippen LogP) is 3.18. The maximum absolute atomic E-state index is 12.4. The molecule has 3 N–H and O–H groups in total. The average molecular weight is 334 g/mol. The molecule has 1 aliphatic carbocycles. The second kappa shape index (κ2) is 8.92. The molecule has 2 atom stereocenters. The van der Waals surface area contributed by atoms with Crippen LogP contribution in [0.25, 0.3) is 0 Å². The molecular weight excluding hydrogens is 304 g/mol. The quantitative estimate of drug-likeness (QED) is 0.803. The molecule has 1 aromatic rings. The molecule has 1 amide bonds. The fourth-order valence-electron chi connectivity index (χ4n) is 3.41. The lowest BCUT2D eigenvalue weighted by Crippen LogP contribution is -2.42. The van der Waals surface area contributed by atoms with Crippen molar-refractivity contribution in [1.82, 2.24) is 5.32 Å². The number of rotatable bonds is 7. The third-order valence-corrected chi connectivity index (χ3v) is 4.92. The minimum absolute atomic E-state index is 0.0807. The van der Waals surface area contributed by atoms with Gasteiger partial charge in [-0.05, 0) is 37.0 Å². The molecule has 0 aromatic heterocycles. The summed E-state index contributed by atoms with van der Waals surface area (Å²) >= 11 is 0. The van der Waals surface area contributed by atoms with Gasteiger partial charge < -0.3 is 20.5 Å². The SMILES string of the molecule is COc1ccc(C(C)NC(=O)C(N)CC2CCCCC2)cc1OC. The summed E-state index contributed by atoms with van der Waals surface area (Å²) in [6.45, 7) is 1.95. The van der Waals surface area contributed by atoms with E-state index in [4.69, 9.17) is 15.2 Å². The summed E-state index contributed by atoms with van der Waals surface area (Å²) in [5.41, 5.74) is 7.08. The largest absolute Gasteiger partial charge is 0.493 e. The molecule has 1 saturated carbocycles. The molecule has 0 aliphatic heterocycles. The van der Waals surface area contributed by atoms with Crippen molar-refractivity contribution in [1.29, 1.82) is 0 Å². The van der Waals surface area contributed by atoms with Gasteiger partial charge in [-0.15, -0.1) is 0 Å². The van der Waals surface area contributed by atoms with Crippen LogP contribution in [0.3, 0.4) is 0 Å². The van der Waals surface area contributed by atoms with Crippen molar-refractivity contribution in [2.24, 2.45) is 11.7 Å². The first kappa shape index (κ1) is 18.6. The van der Waals surface area contributed by atoms with Gasteiger partial charge in [0.1, 0.15) is 0 Å². The number of amides is 1. The van der Waals surface area contributed by atoms with Crippen LogP contribution in [0.4, 0.5) is 0 Å². The van der Waals surface area contributed by atoms with Gasteiger partial charge in [-0.1, -0.05) is 38.2 Å². The standard InChI is InChI=1S/C19H30N2O3/c1-13(15-9-10-17(23-2)18(12-15)24-3)21-19(22)16(20)11-14-7-5-4-6-8-14/h9-10,12-14,16H,4-8,11,20H2,1-3H3,(H,21,22). The molecule has 134 valence electrons. The molecule has 0 heterocycles. The third kappa shape index (κ3) is 4.87. The van der Waals surface area contributed by atoms with E-state index in [1.54, 1.807) is 14.2 Å². The van der Waals surface area contributed by atoms with Gasteiger partial charge in [-0.2, -0.15) is 0 Å². The van der Waals surface area contributed by atoms with Crippen molar-refractivity contribution in [3.63, 3.8) is 0 Å². The number of hydrogen-bond donors (Lipinski definition) is 2. The lowest BCUT2D eigenvalue weighted by atomic mass is 9.85. The van der Waals surface area contributed by atoms with Gasteiger partial charge in [0.25, 0.3) is 0 Å². The van der Waals surface area contributed by atoms with Crippen molar-refractivity contribution in [3.05, 3.63) is 23.8 Å². The smallest absolute Gasteiger partial charge is 0.237 e. The van der Waals surface area contributed by atoms with Crippen molar-refractivity contribution >= 4 is 5.91 Å². The number of ether oxygens (including phenoxy) is 2. The normalized spacial score (nSPS) is 17.8. The summed E-state index contributed by atoms with van der Waals surface area (Å²) in [5, 5.41) is 3.01. The topological polar surface area (TPSA) is 73.6 Å². The van der Waals surface area contributed by atoms with Gasteiger partial charge in [0.05, 0.1) is 26.3 Å². The molecule has 0 saturated heterocycles. The van der Waals surface area contributed by atoms with Gasteiger partial charge in [0.2, 0.25) is 5.91 Å². The zero-order chi connectivity index (χ0) is 17.5. The Balaban J connectivity index is 1.92. The number of methoxy groups -OCH3 is 2. The van der Waals surface area contributed by atoms with Crippen molar-refractivity contribution in [3.8, 4) is 11.5 Å². The van der Waals surface area contributed by atoms with Crippen LogP contribution in [0.15, 0.2) is 18.2 Å². The highest BCUT2D eigenvalue weighted by Crippen LogP contribution is 2.30. The molecule has 1 fully saturated rings. The summed E-state index contributed by atoms with van der Waals surface area (Å²) in [7, 11) is 3.21. The molecular formula is C19H30N2O3. The lowest BCUT2D eigenvalue weighted by Gasteiger charge is -2.25. The van der Waals surface area contributed by atoms with Crippen LogP contribution in [0.2, 0.25) is 0 Å². The average Bonchev–Trinajstić information content (AvgIpc) is 2.61. The second-order valence-corrected chi connectivity index (χ2v) is 6.69. The maximum atomic E-state index is 12.4. The number of hydrogen-bond acceptors (Lipinski definition) is 4. The Hall–Kier alpha value is -1.75. The Morgan fingerprint density at radius 1 is 1.21 bits per heavy atom. The van der Waals surface area contributed by atoms with Gasteiger partial charge in [-0.25, -0.2) is 0 Å². The number of nitrogens with one attached hydrogen (secondary N) is 1. The fourth-order valence-corrected chi connectivity index (χ4v) is 3.41. The van der Waals surface area contributed by atoms with Crippen LogP contribution in [0, 0.1) is 5.92 Å². The molecule has 24 heavy (non-hydrogen) atoms. The molecule has 2 rings (SSSR count). The van der Waals surface area contributed by atoms with E-state index in [1.807, 2.05) is 25.1 Å². The van der Waals surface area contributed by atoms with Crippen LogP contribution < -0.4 is 20.5 Å². The monoisotopic (exact) mass is 334 g/mol. The molecule has 2 unspecified atom stereocenters. The Morgan fingerprint density at radius 3 is 2.50 bits per heavy atom. The fraction of sp³-hybridized carbons (Fsp3) is 0.632. The van der Waals surface area contributed by atoms with Crippen molar-refractivity contribution < 1.29 is 14.3 Å². The van der Waals surface area contributed by atoms with Gasteiger partial charge >= 0.3 is 0 Å². The number of carbonyl (C=O) groups is 1. The minimum atomic E-state index is -0.435. The highest BCUT2D eigenvalue weighted by atomic mass is 16.5.